The highest BCUT2D eigenvalue weighted by molar-refractivity contribution is 5.78. The highest BCUT2D eigenvalue weighted by atomic mass is 16.2. The van der Waals surface area contributed by atoms with E-state index in [4.69, 9.17) is 17.2 Å². The first-order valence-electron chi connectivity index (χ1n) is 7.76. The lowest BCUT2D eigenvalue weighted by Crippen LogP contribution is -2.37. The van der Waals surface area contributed by atoms with Crippen LogP contribution < -0.4 is 27.8 Å². The first-order valence-corrected chi connectivity index (χ1v) is 7.76. The molecule has 8 heteroatoms. The molecule has 0 aliphatic carbocycles. The first kappa shape index (κ1) is 25.1. The van der Waals surface area contributed by atoms with Gasteiger partial charge in [0.05, 0.1) is 6.54 Å². The van der Waals surface area contributed by atoms with Crippen LogP contribution in [0.4, 0.5) is 0 Å². The standard InChI is InChI=1S/C8H17N3O2.C4H11N3.C2H6/c1-2-3-7(12)10-4-5-11-8(13)6-9;1-2-3-7-4(5)6;1-2/h2-6,9H2,1H3,(H,10,12)(H,11,13);2-3H2,1H3,(H4,5,6,7);1-2H3. The van der Waals surface area contributed by atoms with Crippen LogP contribution in [-0.2, 0) is 9.59 Å². The molecule has 22 heavy (non-hydrogen) atoms. The van der Waals surface area contributed by atoms with Crippen molar-refractivity contribution in [3.63, 3.8) is 0 Å². The second kappa shape index (κ2) is 21.5. The summed E-state index contributed by atoms with van der Waals surface area (Å²) in [7, 11) is 0. The Kier molecular flexibility index (Phi) is 24.5. The second-order valence-corrected chi connectivity index (χ2v) is 3.96. The number of nitrogens with two attached hydrogens (primary N) is 3. The summed E-state index contributed by atoms with van der Waals surface area (Å²) in [6.07, 6.45) is 2.36. The van der Waals surface area contributed by atoms with Crippen molar-refractivity contribution in [1.29, 1.82) is 0 Å². The van der Waals surface area contributed by atoms with E-state index in [1.54, 1.807) is 0 Å². The van der Waals surface area contributed by atoms with Gasteiger partial charge in [-0.25, -0.2) is 0 Å². The highest BCUT2D eigenvalue weighted by Gasteiger charge is 1.98. The summed E-state index contributed by atoms with van der Waals surface area (Å²) in [4.78, 5) is 25.3. The predicted molar refractivity (Wildman–Crippen MR) is 92.3 cm³/mol. The van der Waals surface area contributed by atoms with E-state index in [0.29, 0.717) is 19.5 Å². The average Bonchev–Trinajstić information content (AvgIpc) is 2.52. The van der Waals surface area contributed by atoms with Crippen LogP contribution >= 0.6 is 0 Å². The van der Waals surface area contributed by atoms with Gasteiger partial charge in [-0.1, -0.05) is 27.7 Å². The fraction of sp³-hybridized carbons (Fsp3) is 0.786. The maximum Gasteiger partial charge on any atom is 0.233 e. The Labute approximate surface area is 134 Å². The molecule has 0 saturated heterocycles. The molecule has 0 radical (unpaired) electrons. The molecule has 0 unspecified atom stereocenters. The zero-order valence-electron chi connectivity index (χ0n) is 14.4. The van der Waals surface area contributed by atoms with E-state index in [0.717, 1.165) is 19.4 Å². The summed E-state index contributed by atoms with van der Waals surface area (Å²) in [6.45, 7) is 9.59. The zero-order valence-corrected chi connectivity index (χ0v) is 14.4. The maximum absolute atomic E-state index is 10.9. The lowest BCUT2D eigenvalue weighted by molar-refractivity contribution is -0.122. The molecular weight excluding hydrogens is 284 g/mol. The molecule has 0 aliphatic rings. The van der Waals surface area contributed by atoms with Crippen LogP contribution in [0.15, 0.2) is 4.99 Å². The van der Waals surface area contributed by atoms with Crippen molar-refractivity contribution in [3.05, 3.63) is 0 Å². The minimum absolute atomic E-state index is 0.0110. The van der Waals surface area contributed by atoms with Crippen molar-refractivity contribution >= 4 is 17.8 Å². The fourth-order valence-electron chi connectivity index (χ4n) is 1.03. The quantitative estimate of drug-likeness (QED) is 0.236. The maximum atomic E-state index is 10.9. The SMILES string of the molecule is CC.CCCC(=O)NCCNC(=O)CN.CCCN=C(N)N. The van der Waals surface area contributed by atoms with Crippen LogP contribution in [0.3, 0.4) is 0 Å². The number of aliphatic imine (C=N–C) groups is 1. The summed E-state index contributed by atoms with van der Waals surface area (Å²) >= 11 is 0. The number of nitrogens with zero attached hydrogens (tertiary/aromatic N) is 1. The number of hydrogen-bond donors (Lipinski definition) is 5. The van der Waals surface area contributed by atoms with Gasteiger partial charge in [-0.15, -0.1) is 0 Å². The van der Waals surface area contributed by atoms with Gasteiger partial charge in [-0.2, -0.15) is 0 Å². The van der Waals surface area contributed by atoms with Crippen LogP contribution in [0.25, 0.3) is 0 Å². The number of amides is 2. The van der Waals surface area contributed by atoms with Gasteiger partial charge in [-0.3, -0.25) is 14.6 Å². The van der Waals surface area contributed by atoms with Gasteiger partial charge in [0, 0.05) is 26.1 Å². The summed E-state index contributed by atoms with van der Waals surface area (Å²) in [6, 6.07) is 0. The van der Waals surface area contributed by atoms with Gasteiger partial charge in [-0.05, 0) is 12.8 Å². The Hall–Kier alpha value is -1.83. The van der Waals surface area contributed by atoms with Crippen molar-refractivity contribution in [2.45, 2.75) is 47.0 Å². The van der Waals surface area contributed by atoms with Crippen LogP contribution in [-0.4, -0.2) is 44.0 Å². The summed E-state index contributed by atoms with van der Waals surface area (Å²) in [5, 5.41) is 5.22. The lowest BCUT2D eigenvalue weighted by Gasteiger charge is -2.04. The molecule has 0 atom stereocenters. The molecule has 0 aliphatic heterocycles. The molecule has 0 fully saturated rings. The minimum Gasteiger partial charge on any atom is -0.370 e. The molecule has 0 bridgehead atoms. The largest absolute Gasteiger partial charge is 0.370 e. The van der Waals surface area contributed by atoms with Crippen molar-refractivity contribution in [2.24, 2.45) is 22.2 Å². The molecule has 0 aromatic heterocycles. The third-order valence-corrected chi connectivity index (χ3v) is 1.95. The molecule has 8 nitrogen and oxygen atoms in total. The van der Waals surface area contributed by atoms with Crippen LogP contribution in [0, 0.1) is 0 Å². The number of guanidine groups is 1. The Bertz CT molecular complexity index is 291. The van der Waals surface area contributed by atoms with Gasteiger partial charge in [0.25, 0.3) is 0 Å². The number of hydrogen-bond acceptors (Lipinski definition) is 4. The Morgan fingerprint density at radius 2 is 1.45 bits per heavy atom. The van der Waals surface area contributed by atoms with Gasteiger partial charge in [0.15, 0.2) is 5.96 Å². The van der Waals surface area contributed by atoms with E-state index >= 15 is 0 Å². The topological polar surface area (TPSA) is 149 Å². The van der Waals surface area contributed by atoms with E-state index in [-0.39, 0.29) is 24.3 Å². The van der Waals surface area contributed by atoms with Crippen molar-refractivity contribution in [2.75, 3.05) is 26.2 Å². The van der Waals surface area contributed by atoms with Crippen LogP contribution in [0.2, 0.25) is 0 Å². The third kappa shape index (κ3) is 26.7. The highest BCUT2D eigenvalue weighted by Crippen LogP contribution is 1.83. The molecule has 8 N–H and O–H groups in total. The third-order valence-electron chi connectivity index (χ3n) is 1.95. The summed E-state index contributed by atoms with van der Waals surface area (Å²) < 4.78 is 0. The van der Waals surface area contributed by atoms with E-state index in [9.17, 15) is 9.59 Å². The smallest absolute Gasteiger partial charge is 0.233 e. The zero-order chi connectivity index (χ0) is 17.8. The summed E-state index contributed by atoms with van der Waals surface area (Å²) in [5.74, 6) is -0.00362. The van der Waals surface area contributed by atoms with Gasteiger partial charge >= 0.3 is 0 Å². The Balaban J connectivity index is -0.000000339. The van der Waals surface area contributed by atoms with Crippen LogP contribution in [0.1, 0.15) is 47.0 Å². The Morgan fingerprint density at radius 1 is 0.955 bits per heavy atom. The van der Waals surface area contributed by atoms with E-state index in [2.05, 4.69) is 15.6 Å². The Morgan fingerprint density at radius 3 is 1.77 bits per heavy atom. The molecule has 0 aromatic rings. The molecule has 0 aromatic carbocycles. The van der Waals surface area contributed by atoms with Gasteiger partial charge < -0.3 is 27.8 Å². The summed E-state index contributed by atoms with van der Waals surface area (Å²) in [5.41, 5.74) is 15.1. The van der Waals surface area contributed by atoms with Gasteiger partial charge in [0.2, 0.25) is 11.8 Å². The number of carbonyl (C=O) groups is 2. The lowest BCUT2D eigenvalue weighted by atomic mass is 10.3. The molecule has 132 valence electrons. The molecule has 0 rings (SSSR count). The molecule has 0 saturated carbocycles. The molecule has 0 spiro atoms. The van der Waals surface area contributed by atoms with Crippen molar-refractivity contribution in [1.82, 2.24) is 10.6 Å². The predicted octanol–water partition coefficient (Wildman–Crippen LogP) is -0.326. The minimum atomic E-state index is -0.204. The molecule has 0 heterocycles. The molecular formula is C14H34N6O2. The van der Waals surface area contributed by atoms with Crippen LogP contribution in [0.5, 0.6) is 0 Å². The van der Waals surface area contributed by atoms with E-state index < -0.39 is 0 Å². The normalized spacial score (nSPS) is 8.41. The number of rotatable bonds is 8. The average molecular weight is 318 g/mol. The second-order valence-electron chi connectivity index (χ2n) is 3.96. The van der Waals surface area contributed by atoms with E-state index in [1.807, 2.05) is 27.7 Å². The fourth-order valence-corrected chi connectivity index (χ4v) is 1.03. The van der Waals surface area contributed by atoms with Crippen molar-refractivity contribution < 1.29 is 9.59 Å². The van der Waals surface area contributed by atoms with Crippen molar-refractivity contribution in [3.8, 4) is 0 Å². The van der Waals surface area contributed by atoms with Gasteiger partial charge in [0.1, 0.15) is 0 Å². The van der Waals surface area contributed by atoms with E-state index in [1.165, 1.54) is 0 Å². The monoisotopic (exact) mass is 318 g/mol. The first-order chi connectivity index (χ1) is 10.5. The molecule has 2 amide bonds. The number of nitrogens with one attached hydrogen (secondary N) is 2. The number of carbonyl (C=O) groups excluding carboxylic acids is 2.